The lowest BCUT2D eigenvalue weighted by Gasteiger charge is -1.96. The van der Waals surface area contributed by atoms with Gasteiger partial charge in [-0.3, -0.25) is 0 Å². The molecule has 12 heavy (non-hydrogen) atoms. The molecule has 1 heterocycles. The minimum absolute atomic E-state index is 0.603. The number of halogens is 1. The van der Waals surface area contributed by atoms with E-state index in [2.05, 4.69) is 26.0 Å². The summed E-state index contributed by atoms with van der Waals surface area (Å²) in [6.07, 6.45) is 1.67. The van der Waals surface area contributed by atoms with E-state index in [1.807, 2.05) is 30.3 Å². The second-order valence-corrected chi connectivity index (χ2v) is 3.00. The lowest BCUT2D eigenvalue weighted by atomic mass is 10.3. The predicted octanol–water partition coefficient (Wildman–Crippen LogP) is 2.03. The molecular weight excluding hydrogens is 218 g/mol. The SMILES string of the molecule is Brc1ncn(-c2ccccc2)n1. The van der Waals surface area contributed by atoms with Crippen molar-refractivity contribution in [1.82, 2.24) is 14.8 Å². The van der Waals surface area contributed by atoms with Crippen LogP contribution in [-0.2, 0) is 0 Å². The fourth-order valence-electron chi connectivity index (χ4n) is 0.948. The quantitative estimate of drug-likeness (QED) is 0.741. The number of benzene rings is 1. The maximum absolute atomic E-state index is 4.10. The zero-order valence-electron chi connectivity index (χ0n) is 6.18. The van der Waals surface area contributed by atoms with Crippen LogP contribution >= 0.6 is 15.9 Å². The number of hydrogen-bond acceptors (Lipinski definition) is 2. The molecular formula is C8H6BrN3. The molecule has 0 fully saturated rings. The van der Waals surface area contributed by atoms with Crippen molar-refractivity contribution in [2.45, 2.75) is 0 Å². The maximum Gasteiger partial charge on any atom is 0.217 e. The highest BCUT2D eigenvalue weighted by Gasteiger charge is 1.96. The monoisotopic (exact) mass is 223 g/mol. The molecule has 0 unspecified atom stereocenters. The zero-order chi connectivity index (χ0) is 8.39. The number of nitrogens with zero attached hydrogens (tertiary/aromatic N) is 3. The minimum atomic E-state index is 0.603. The average Bonchev–Trinajstić information content (AvgIpc) is 2.54. The van der Waals surface area contributed by atoms with Gasteiger partial charge in [0.15, 0.2) is 0 Å². The first-order valence-electron chi connectivity index (χ1n) is 3.49. The van der Waals surface area contributed by atoms with Gasteiger partial charge in [0.1, 0.15) is 6.33 Å². The molecule has 1 aromatic heterocycles. The van der Waals surface area contributed by atoms with Gasteiger partial charge in [0, 0.05) is 0 Å². The van der Waals surface area contributed by atoms with E-state index >= 15 is 0 Å². The van der Waals surface area contributed by atoms with Crippen LogP contribution in [0.1, 0.15) is 0 Å². The van der Waals surface area contributed by atoms with Crippen LogP contribution in [-0.4, -0.2) is 14.8 Å². The third kappa shape index (κ3) is 1.38. The van der Waals surface area contributed by atoms with Gasteiger partial charge < -0.3 is 0 Å². The van der Waals surface area contributed by atoms with Crippen LogP contribution in [0.2, 0.25) is 0 Å². The molecule has 1 aromatic carbocycles. The molecule has 60 valence electrons. The lowest BCUT2D eigenvalue weighted by molar-refractivity contribution is 0.870. The molecule has 0 saturated carbocycles. The maximum atomic E-state index is 4.10. The summed E-state index contributed by atoms with van der Waals surface area (Å²) in [7, 11) is 0. The Kier molecular flexibility index (Phi) is 1.91. The van der Waals surface area contributed by atoms with Crippen molar-refractivity contribution in [3.8, 4) is 5.69 Å². The van der Waals surface area contributed by atoms with Crippen molar-refractivity contribution in [1.29, 1.82) is 0 Å². The van der Waals surface area contributed by atoms with Crippen LogP contribution < -0.4 is 0 Å². The van der Waals surface area contributed by atoms with Crippen LogP contribution in [0.5, 0.6) is 0 Å². The Balaban J connectivity index is 2.45. The van der Waals surface area contributed by atoms with Gasteiger partial charge in [-0.1, -0.05) is 18.2 Å². The molecule has 2 rings (SSSR count). The Hall–Kier alpha value is -1.16. The van der Waals surface area contributed by atoms with Crippen LogP contribution in [0, 0.1) is 0 Å². The Labute approximate surface area is 78.2 Å². The van der Waals surface area contributed by atoms with Crippen LogP contribution in [0.25, 0.3) is 5.69 Å². The molecule has 0 amide bonds. The minimum Gasteiger partial charge on any atom is -0.220 e. The normalized spacial score (nSPS) is 10.1. The lowest BCUT2D eigenvalue weighted by Crippen LogP contribution is -1.92. The summed E-state index contributed by atoms with van der Waals surface area (Å²) >= 11 is 3.19. The highest BCUT2D eigenvalue weighted by atomic mass is 79.9. The van der Waals surface area contributed by atoms with Crippen molar-refractivity contribution in [3.63, 3.8) is 0 Å². The van der Waals surface area contributed by atoms with E-state index in [1.54, 1.807) is 11.0 Å². The van der Waals surface area contributed by atoms with E-state index in [0.29, 0.717) is 4.73 Å². The van der Waals surface area contributed by atoms with Crippen LogP contribution in [0.4, 0.5) is 0 Å². The van der Waals surface area contributed by atoms with E-state index in [9.17, 15) is 0 Å². The molecule has 3 nitrogen and oxygen atoms in total. The third-order valence-electron chi connectivity index (χ3n) is 1.48. The Bertz CT molecular complexity index is 369. The first kappa shape index (κ1) is 7.49. The van der Waals surface area contributed by atoms with E-state index in [1.165, 1.54) is 0 Å². The molecule has 0 aliphatic carbocycles. The van der Waals surface area contributed by atoms with E-state index in [0.717, 1.165) is 5.69 Å². The summed E-state index contributed by atoms with van der Waals surface area (Å²) in [5, 5.41) is 4.10. The Morgan fingerprint density at radius 2 is 1.92 bits per heavy atom. The van der Waals surface area contributed by atoms with Crippen LogP contribution in [0.3, 0.4) is 0 Å². The predicted molar refractivity (Wildman–Crippen MR) is 49.1 cm³/mol. The standard InChI is InChI=1S/C8H6BrN3/c9-8-10-6-12(11-8)7-4-2-1-3-5-7/h1-6H. The molecule has 2 aromatic rings. The molecule has 0 aliphatic heterocycles. The van der Waals surface area contributed by atoms with Gasteiger partial charge in [0.2, 0.25) is 4.73 Å². The molecule has 0 bridgehead atoms. The molecule has 0 atom stereocenters. The first-order chi connectivity index (χ1) is 5.86. The molecule has 4 heteroatoms. The van der Waals surface area contributed by atoms with Gasteiger partial charge in [-0.2, -0.15) is 0 Å². The smallest absolute Gasteiger partial charge is 0.217 e. The molecule has 0 radical (unpaired) electrons. The number of para-hydroxylation sites is 1. The summed E-state index contributed by atoms with van der Waals surface area (Å²) in [6.45, 7) is 0. The number of rotatable bonds is 1. The second-order valence-electron chi connectivity index (χ2n) is 2.29. The Morgan fingerprint density at radius 3 is 2.50 bits per heavy atom. The fourth-order valence-corrected chi connectivity index (χ4v) is 1.21. The Morgan fingerprint density at radius 1 is 1.17 bits per heavy atom. The van der Waals surface area contributed by atoms with E-state index < -0.39 is 0 Å². The summed E-state index contributed by atoms with van der Waals surface area (Å²) in [5.41, 5.74) is 1.01. The number of aromatic nitrogens is 3. The topological polar surface area (TPSA) is 30.7 Å². The summed E-state index contributed by atoms with van der Waals surface area (Å²) < 4.78 is 2.32. The van der Waals surface area contributed by atoms with Crippen molar-refractivity contribution in [3.05, 3.63) is 41.4 Å². The van der Waals surface area contributed by atoms with Gasteiger partial charge in [0.25, 0.3) is 0 Å². The number of hydrogen-bond donors (Lipinski definition) is 0. The second kappa shape index (κ2) is 3.06. The van der Waals surface area contributed by atoms with E-state index in [-0.39, 0.29) is 0 Å². The van der Waals surface area contributed by atoms with Crippen molar-refractivity contribution >= 4 is 15.9 Å². The van der Waals surface area contributed by atoms with E-state index in [4.69, 9.17) is 0 Å². The summed E-state index contributed by atoms with van der Waals surface area (Å²) in [4.78, 5) is 3.96. The summed E-state index contributed by atoms with van der Waals surface area (Å²) in [6, 6.07) is 9.84. The molecule has 0 aliphatic rings. The van der Waals surface area contributed by atoms with Gasteiger partial charge in [0.05, 0.1) is 5.69 Å². The molecule has 0 N–H and O–H groups in total. The third-order valence-corrected chi connectivity index (χ3v) is 1.85. The molecule has 0 spiro atoms. The van der Waals surface area contributed by atoms with Gasteiger partial charge >= 0.3 is 0 Å². The highest BCUT2D eigenvalue weighted by molar-refractivity contribution is 9.10. The summed E-state index contributed by atoms with van der Waals surface area (Å²) in [5.74, 6) is 0. The largest absolute Gasteiger partial charge is 0.220 e. The average molecular weight is 224 g/mol. The van der Waals surface area contributed by atoms with Crippen LogP contribution in [0.15, 0.2) is 41.4 Å². The van der Waals surface area contributed by atoms with Crippen molar-refractivity contribution in [2.24, 2.45) is 0 Å². The van der Waals surface area contributed by atoms with Gasteiger partial charge in [-0.25, -0.2) is 9.67 Å². The molecule has 0 saturated heterocycles. The fraction of sp³-hybridized carbons (Fsp3) is 0. The van der Waals surface area contributed by atoms with Gasteiger partial charge in [-0.15, -0.1) is 5.10 Å². The van der Waals surface area contributed by atoms with Crippen molar-refractivity contribution in [2.75, 3.05) is 0 Å². The van der Waals surface area contributed by atoms with Gasteiger partial charge in [-0.05, 0) is 28.1 Å². The van der Waals surface area contributed by atoms with Crippen molar-refractivity contribution < 1.29 is 0 Å². The first-order valence-corrected chi connectivity index (χ1v) is 4.28. The highest BCUT2D eigenvalue weighted by Crippen LogP contribution is 2.06. The zero-order valence-corrected chi connectivity index (χ0v) is 7.77.